The molecule has 11 aromatic rings. The summed E-state index contributed by atoms with van der Waals surface area (Å²) >= 11 is 0. The van der Waals surface area contributed by atoms with Crippen LogP contribution in [0, 0.1) is 0 Å². The Morgan fingerprint density at radius 2 is 0.984 bits per heavy atom. The molecule has 10 aromatic carbocycles. The molecule has 0 radical (unpaired) electrons. The van der Waals surface area contributed by atoms with Crippen molar-refractivity contribution in [1.82, 2.24) is 4.57 Å². The summed E-state index contributed by atoms with van der Waals surface area (Å²) in [6.07, 6.45) is 0. The highest BCUT2D eigenvalue weighted by Crippen LogP contribution is 2.59. The van der Waals surface area contributed by atoms with Crippen LogP contribution in [0.3, 0.4) is 0 Å². The van der Waals surface area contributed by atoms with Crippen LogP contribution in [0.1, 0.15) is 22.3 Å². The second-order valence-electron chi connectivity index (χ2n) is 16.1. The zero-order valence-corrected chi connectivity index (χ0v) is 33.5. The molecule has 1 aliphatic carbocycles. The van der Waals surface area contributed by atoms with Gasteiger partial charge in [-0.05, 0) is 92.4 Å². The first-order chi connectivity index (χ1) is 30.3. The molecule has 1 aromatic heterocycles. The van der Waals surface area contributed by atoms with Gasteiger partial charge < -0.3 is 9.88 Å². The van der Waals surface area contributed by atoms with Gasteiger partial charge in [0.05, 0.1) is 16.4 Å². The number of anilines is 2. The molecule has 0 bridgehead atoms. The maximum atomic E-state index is 3.83. The van der Waals surface area contributed by atoms with Gasteiger partial charge in [0.25, 0.3) is 0 Å². The third-order valence-electron chi connectivity index (χ3n) is 12.9. The minimum absolute atomic E-state index is 0.546. The van der Waals surface area contributed by atoms with E-state index in [1.165, 1.54) is 82.6 Å². The predicted octanol–water partition coefficient (Wildman–Crippen LogP) is 15.4. The summed E-state index contributed by atoms with van der Waals surface area (Å²) in [7, 11) is 0. The summed E-state index contributed by atoms with van der Waals surface area (Å²) < 4.78 is 2.52. The van der Waals surface area contributed by atoms with E-state index in [1.54, 1.807) is 0 Å². The molecule has 2 nitrogen and oxygen atoms in total. The number of hydrogen-bond acceptors (Lipinski definition) is 1. The van der Waals surface area contributed by atoms with Crippen molar-refractivity contribution in [3.63, 3.8) is 0 Å². The number of para-hydroxylation sites is 1. The van der Waals surface area contributed by atoms with Gasteiger partial charge in [0.15, 0.2) is 0 Å². The van der Waals surface area contributed by atoms with Gasteiger partial charge in [-0.3, -0.25) is 0 Å². The molecule has 0 unspecified atom stereocenters. The first-order valence-electron chi connectivity index (χ1n) is 21.1. The van der Waals surface area contributed by atoms with Crippen LogP contribution in [0.25, 0.3) is 71.6 Å². The first-order valence-corrected chi connectivity index (χ1v) is 21.1. The normalized spacial score (nSPS) is 12.7. The monoisotopic (exact) mass is 776 g/mol. The number of benzene rings is 10. The lowest BCUT2D eigenvalue weighted by molar-refractivity contribution is 0.772. The van der Waals surface area contributed by atoms with Crippen molar-refractivity contribution in [2.75, 3.05) is 5.32 Å². The lowest BCUT2D eigenvalue weighted by Crippen LogP contribution is -2.29. The second kappa shape index (κ2) is 14.1. The van der Waals surface area contributed by atoms with E-state index in [1.807, 2.05) is 0 Å². The van der Waals surface area contributed by atoms with Crippen LogP contribution >= 0.6 is 0 Å². The minimum Gasteiger partial charge on any atom is -0.355 e. The summed E-state index contributed by atoms with van der Waals surface area (Å²) in [5.41, 5.74) is 17.6. The van der Waals surface area contributed by atoms with Crippen LogP contribution in [-0.4, -0.2) is 4.57 Å². The van der Waals surface area contributed by atoms with Crippen molar-refractivity contribution in [2.45, 2.75) is 5.41 Å². The number of fused-ring (bicyclic) bond motifs is 8. The van der Waals surface area contributed by atoms with Crippen LogP contribution in [0.5, 0.6) is 0 Å². The number of rotatable bonds is 7. The molecule has 1 aliphatic rings. The molecule has 0 atom stereocenters. The van der Waals surface area contributed by atoms with Gasteiger partial charge in [-0.25, -0.2) is 0 Å². The van der Waals surface area contributed by atoms with E-state index in [0.717, 1.165) is 22.6 Å². The fourth-order valence-electron chi connectivity index (χ4n) is 10.2. The van der Waals surface area contributed by atoms with E-state index in [9.17, 15) is 0 Å². The quantitative estimate of drug-likeness (QED) is 0.171. The minimum atomic E-state index is -0.546. The highest BCUT2D eigenvalue weighted by Gasteiger charge is 2.48. The van der Waals surface area contributed by atoms with Crippen molar-refractivity contribution in [3.05, 3.63) is 259 Å². The average Bonchev–Trinajstić information content (AvgIpc) is 3.83. The van der Waals surface area contributed by atoms with Crippen LogP contribution in [0.15, 0.2) is 237 Å². The predicted molar refractivity (Wildman–Crippen MR) is 256 cm³/mol. The Balaban J connectivity index is 1.12. The number of nitrogens with one attached hydrogen (secondary N) is 1. The number of nitrogens with zero attached hydrogens (tertiary/aromatic N) is 1. The molecule has 0 spiro atoms. The van der Waals surface area contributed by atoms with Gasteiger partial charge in [-0.1, -0.05) is 194 Å². The molecule has 0 fully saturated rings. The van der Waals surface area contributed by atoms with Crippen molar-refractivity contribution in [1.29, 1.82) is 0 Å². The van der Waals surface area contributed by atoms with E-state index in [0.29, 0.717) is 0 Å². The zero-order valence-electron chi connectivity index (χ0n) is 33.5. The smallest absolute Gasteiger partial charge is 0.0734 e. The van der Waals surface area contributed by atoms with Crippen molar-refractivity contribution < 1.29 is 0 Å². The van der Waals surface area contributed by atoms with Crippen molar-refractivity contribution in [3.8, 4) is 39.1 Å². The lowest BCUT2D eigenvalue weighted by Gasteiger charge is -2.34. The molecule has 286 valence electrons. The molecular weight excluding hydrogens is 737 g/mol. The molecule has 0 saturated heterocycles. The SMILES string of the molecule is c1ccc(-c2cc(-c3ccc4c(c3)c3ccc5c(c3n4-c3ccccc3)C(c3ccccc3)(c3ccccc3)c3ccccc3-5)ccc2Nc2cccc3ccccc23)cc1. The summed E-state index contributed by atoms with van der Waals surface area (Å²) in [6, 6.07) is 86.6. The third-order valence-corrected chi connectivity index (χ3v) is 12.9. The summed E-state index contributed by atoms with van der Waals surface area (Å²) in [5.74, 6) is 0. The Morgan fingerprint density at radius 1 is 0.361 bits per heavy atom. The standard InChI is InChI=1S/C59H40N2/c1-5-18-41(19-6-1)51-38-42(32-36-55(51)60-54-31-17-21-40-20-13-14-28-47(40)54)43-33-37-56-52(39-43)50-35-34-49-48-29-15-16-30-53(48)59(44-22-7-2-8-23-44,45-24-9-3-10-25-45)57(49)58(50)61(56)46-26-11-4-12-27-46/h1-39,60H. The lowest BCUT2D eigenvalue weighted by atomic mass is 9.67. The Kier molecular flexibility index (Phi) is 8.11. The Bertz CT molecular complexity index is 3380. The summed E-state index contributed by atoms with van der Waals surface area (Å²) in [4.78, 5) is 0. The Labute approximate surface area is 355 Å². The molecule has 0 aliphatic heterocycles. The van der Waals surface area contributed by atoms with Crippen LogP contribution in [0.2, 0.25) is 0 Å². The molecule has 0 saturated carbocycles. The van der Waals surface area contributed by atoms with E-state index >= 15 is 0 Å². The molecule has 61 heavy (non-hydrogen) atoms. The molecule has 0 amide bonds. The van der Waals surface area contributed by atoms with Crippen LogP contribution < -0.4 is 5.32 Å². The summed E-state index contributed by atoms with van der Waals surface area (Å²) in [6.45, 7) is 0. The zero-order chi connectivity index (χ0) is 40.3. The van der Waals surface area contributed by atoms with Gasteiger partial charge in [-0.15, -0.1) is 0 Å². The number of aromatic nitrogens is 1. The van der Waals surface area contributed by atoms with Crippen LogP contribution in [-0.2, 0) is 5.41 Å². The largest absolute Gasteiger partial charge is 0.355 e. The van der Waals surface area contributed by atoms with Crippen molar-refractivity contribution >= 4 is 44.0 Å². The molecule has 1 heterocycles. The van der Waals surface area contributed by atoms with Gasteiger partial charge in [-0.2, -0.15) is 0 Å². The fraction of sp³-hybridized carbons (Fsp3) is 0.0169. The second-order valence-corrected chi connectivity index (χ2v) is 16.1. The highest BCUT2D eigenvalue weighted by molar-refractivity contribution is 6.15. The third kappa shape index (κ3) is 5.43. The van der Waals surface area contributed by atoms with Gasteiger partial charge in [0.2, 0.25) is 0 Å². The first kappa shape index (κ1) is 35.0. The maximum absolute atomic E-state index is 3.83. The Morgan fingerprint density at radius 3 is 1.75 bits per heavy atom. The molecular formula is C59H40N2. The Hall–Kier alpha value is -7.94. The number of hydrogen-bond donors (Lipinski definition) is 1. The highest BCUT2D eigenvalue weighted by atomic mass is 15.0. The van der Waals surface area contributed by atoms with E-state index in [2.05, 4.69) is 246 Å². The van der Waals surface area contributed by atoms with Gasteiger partial charge >= 0.3 is 0 Å². The van der Waals surface area contributed by atoms with Crippen LogP contribution in [0.4, 0.5) is 11.4 Å². The summed E-state index contributed by atoms with van der Waals surface area (Å²) in [5, 5.41) is 8.71. The average molecular weight is 777 g/mol. The van der Waals surface area contributed by atoms with Gasteiger partial charge in [0.1, 0.15) is 0 Å². The molecule has 1 N–H and O–H groups in total. The van der Waals surface area contributed by atoms with E-state index in [4.69, 9.17) is 0 Å². The molecule has 12 rings (SSSR count). The topological polar surface area (TPSA) is 17.0 Å². The van der Waals surface area contributed by atoms with Crippen molar-refractivity contribution in [2.24, 2.45) is 0 Å². The van der Waals surface area contributed by atoms with E-state index < -0.39 is 5.41 Å². The maximum Gasteiger partial charge on any atom is 0.0734 e. The van der Waals surface area contributed by atoms with Gasteiger partial charge in [0, 0.05) is 44.3 Å². The van der Waals surface area contributed by atoms with E-state index in [-0.39, 0.29) is 0 Å². The fourth-order valence-corrected chi connectivity index (χ4v) is 10.2. The molecule has 2 heteroatoms.